The molecule has 2 atom stereocenters. The maximum atomic E-state index is 12.9. The molecule has 0 N–H and O–H groups in total. The van der Waals surface area contributed by atoms with Crippen LogP contribution in [0.25, 0.3) is 5.65 Å². The molecule has 6 nitrogen and oxygen atoms in total. The maximum absolute atomic E-state index is 12.9. The minimum absolute atomic E-state index is 0.131. The third kappa shape index (κ3) is 3.54. The fourth-order valence-corrected chi connectivity index (χ4v) is 4.30. The van der Waals surface area contributed by atoms with Gasteiger partial charge in [-0.3, -0.25) is 9.20 Å². The normalized spacial score (nSPS) is 25.4. The van der Waals surface area contributed by atoms with E-state index in [0.29, 0.717) is 12.0 Å². The van der Waals surface area contributed by atoms with Crippen LogP contribution in [-0.4, -0.2) is 62.5 Å². The van der Waals surface area contributed by atoms with Gasteiger partial charge in [0, 0.05) is 31.9 Å². The monoisotopic (exact) mass is 341 g/mol. The molecule has 25 heavy (non-hydrogen) atoms. The zero-order chi connectivity index (χ0) is 17.2. The topological polar surface area (TPSA) is 53.7 Å². The minimum atomic E-state index is 0.131. The van der Waals surface area contributed by atoms with Crippen molar-refractivity contribution in [1.82, 2.24) is 24.4 Å². The average molecular weight is 341 g/mol. The number of aromatic nitrogens is 3. The van der Waals surface area contributed by atoms with Gasteiger partial charge in [-0.2, -0.15) is 0 Å². The van der Waals surface area contributed by atoms with Crippen LogP contribution in [0.1, 0.15) is 49.4 Å². The van der Waals surface area contributed by atoms with Crippen molar-refractivity contribution in [2.24, 2.45) is 5.92 Å². The summed E-state index contributed by atoms with van der Waals surface area (Å²) in [6.45, 7) is 6.44. The highest BCUT2D eigenvalue weighted by Gasteiger charge is 2.28. The van der Waals surface area contributed by atoms with Crippen molar-refractivity contribution in [2.45, 2.75) is 45.1 Å². The number of carbonyl (C=O) groups excluding carboxylic acids is 1. The van der Waals surface area contributed by atoms with Gasteiger partial charge in [0.05, 0.1) is 5.56 Å². The summed E-state index contributed by atoms with van der Waals surface area (Å²) in [6, 6.07) is 4.41. The van der Waals surface area contributed by atoms with Crippen LogP contribution in [0.4, 0.5) is 0 Å². The molecule has 2 aliphatic rings. The van der Waals surface area contributed by atoms with Crippen LogP contribution in [0.5, 0.6) is 0 Å². The van der Waals surface area contributed by atoms with Gasteiger partial charge in [-0.05, 0) is 57.2 Å². The SMILES string of the molecule is CC1CCCCN1CC1CCCN(C(=O)c2ccc3nncn3c2)C1. The number of pyridine rings is 1. The molecule has 4 rings (SSSR count). The van der Waals surface area contributed by atoms with E-state index < -0.39 is 0 Å². The molecule has 2 aromatic rings. The largest absolute Gasteiger partial charge is 0.338 e. The number of fused-ring (bicyclic) bond motifs is 1. The van der Waals surface area contributed by atoms with Gasteiger partial charge in [0.2, 0.25) is 0 Å². The van der Waals surface area contributed by atoms with E-state index in [9.17, 15) is 4.79 Å². The summed E-state index contributed by atoms with van der Waals surface area (Å²) in [5.74, 6) is 0.726. The first-order valence-electron chi connectivity index (χ1n) is 9.53. The predicted octanol–water partition coefficient (Wildman–Crippen LogP) is 2.46. The Labute approximate surface area is 148 Å². The molecule has 0 spiro atoms. The fraction of sp³-hybridized carbons (Fsp3) is 0.632. The minimum Gasteiger partial charge on any atom is -0.338 e. The lowest BCUT2D eigenvalue weighted by atomic mass is 9.94. The maximum Gasteiger partial charge on any atom is 0.255 e. The number of nitrogens with zero attached hydrogens (tertiary/aromatic N) is 5. The van der Waals surface area contributed by atoms with Crippen LogP contribution in [0.3, 0.4) is 0 Å². The Bertz CT molecular complexity index is 742. The average Bonchev–Trinajstić information content (AvgIpc) is 3.11. The van der Waals surface area contributed by atoms with E-state index in [1.165, 1.54) is 32.2 Å². The lowest BCUT2D eigenvalue weighted by molar-refractivity contribution is 0.0594. The van der Waals surface area contributed by atoms with Crippen LogP contribution in [-0.2, 0) is 0 Å². The molecular weight excluding hydrogens is 314 g/mol. The summed E-state index contributed by atoms with van der Waals surface area (Å²) in [6.07, 6.45) is 9.81. The Morgan fingerprint density at radius 1 is 1.20 bits per heavy atom. The summed E-state index contributed by atoms with van der Waals surface area (Å²) in [5, 5.41) is 7.88. The highest BCUT2D eigenvalue weighted by Crippen LogP contribution is 2.23. The molecule has 0 radical (unpaired) electrons. The summed E-state index contributed by atoms with van der Waals surface area (Å²) in [7, 11) is 0. The predicted molar refractivity (Wildman–Crippen MR) is 96.5 cm³/mol. The number of rotatable bonds is 3. The molecule has 6 heteroatoms. The van der Waals surface area contributed by atoms with Gasteiger partial charge < -0.3 is 9.80 Å². The first-order valence-corrected chi connectivity index (χ1v) is 9.53. The second-order valence-electron chi connectivity index (χ2n) is 7.61. The Balaban J connectivity index is 1.42. The van der Waals surface area contributed by atoms with E-state index in [4.69, 9.17) is 0 Å². The van der Waals surface area contributed by atoms with Crippen molar-refractivity contribution in [3.8, 4) is 0 Å². The lowest BCUT2D eigenvalue weighted by Crippen LogP contribution is -2.46. The van der Waals surface area contributed by atoms with E-state index in [-0.39, 0.29) is 5.91 Å². The van der Waals surface area contributed by atoms with Crippen molar-refractivity contribution in [1.29, 1.82) is 0 Å². The number of carbonyl (C=O) groups is 1. The second-order valence-corrected chi connectivity index (χ2v) is 7.61. The number of piperidine rings is 2. The summed E-state index contributed by atoms with van der Waals surface area (Å²) < 4.78 is 1.81. The van der Waals surface area contributed by atoms with Crippen molar-refractivity contribution >= 4 is 11.6 Å². The number of likely N-dealkylation sites (tertiary alicyclic amines) is 2. The summed E-state index contributed by atoms with van der Waals surface area (Å²) >= 11 is 0. The molecule has 2 aliphatic heterocycles. The first-order chi connectivity index (χ1) is 12.2. The molecule has 134 valence electrons. The molecule has 2 aromatic heterocycles. The zero-order valence-corrected chi connectivity index (χ0v) is 15.0. The molecule has 4 heterocycles. The highest BCUT2D eigenvalue weighted by atomic mass is 16.2. The number of hydrogen-bond acceptors (Lipinski definition) is 4. The van der Waals surface area contributed by atoms with Crippen molar-refractivity contribution in [2.75, 3.05) is 26.2 Å². The third-order valence-electron chi connectivity index (χ3n) is 5.78. The molecule has 0 aromatic carbocycles. The molecule has 2 unspecified atom stereocenters. The third-order valence-corrected chi connectivity index (χ3v) is 5.78. The molecule has 0 saturated carbocycles. The van der Waals surface area contributed by atoms with Gasteiger partial charge in [-0.1, -0.05) is 6.42 Å². The van der Waals surface area contributed by atoms with Gasteiger partial charge in [-0.25, -0.2) is 0 Å². The van der Waals surface area contributed by atoms with Gasteiger partial charge in [0.25, 0.3) is 5.91 Å². The Hall–Kier alpha value is -1.95. The van der Waals surface area contributed by atoms with Crippen LogP contribution in [0.2, 0.25) is 0 Å². The zero-order valence-electron chi connectivity index (χ0n) is 15.0. The van der Waals surface area contributed by atoms with Crippen LogP contribution >= 0.6 is 0 Å². The van der Waals surface area contributed by atoms with Gasteiger partial charge >= 0.3 is 0 Å². The Kier molecular flexibility index (Phi) is 4.70. The smallest absolute Gasteiger partial charge is 0.255 e. The van der Waals surface area contributed by atoms with Crippen LogP contribution in [0, 0.1) is 5.92 Å². The van der Waals surface area contributed by atoms with Crippen LogP contribution in [0.15, 0.2) is 24.7 Å². The highest BCUT2D eigenvalue weighted by molar-refractivity contribution is 5.94. The summed E-state index contributed by atoms with van der Waals surface area (Å²) in [5.41, 5.74) is 1.49. The first kappa shape index (κ1) is 16.5. The van der Waals surface area contributed by atoms with E-state index >= 15 is 0 Å². The van der Waals surface area contributed by atoms with Crippen molar-refractivity contribution in [3.63, 3.8) is 0 Å². The standard InChI is InChI=1S/C19H27N5O/c1-15-5-2-3-9-22(15)11-16-6-4-10-23(12-16)19(25)17-7-8-18-21-20-14-24(18)13-17/h7-8,13-16H,2-6,9-12H2,1H3. The molecular formula is C19H27N5O. The van der Waals surface area contributed by atoms with Gasteiger partial charge in [-0.15, -0.1) is 10.2 Å². The Morgan fingerprint density at radius 3 is 3.00 bits per heavy atom. The van der Waals surface area contributed by atoms with E-state index in [2.05, 4.69) is 22.0 Å². The quantitative estimate of drug-likeness (QED) is 0.860. The van der Waals surface area contributed by atoms with Crippen molar-refractivity contribution < 1.29 is 4.79 Å². The Morgan fingerprint density at radius 2 is 2.12 bits per heavy atom. The van der Waals surface area contributed by atoms with E-state index in [1.54, 1.807) is 6.33 Å². The molecule has 2 fully saturated rings. The number of amides is 1. The van der Waals surface area contributed by atoms with Gasteiger partial charge in [0.15, 0.2) is 5.65 Å². The molecule has 0 bridgehead atoms. The van der Waals surface area contributed by atoms with Gasteiger partial charge in [0.1, 0.15) is 6.33 Å². The molecule has 2 saturated heterocycles. The summed E-state index contributed by atoms with van der Waals surface area (Å²) in [4.78, 5) is 17.6. The second kappa shape index (κ2) is 7.12. The van der Waals surface area contributed by atoms with Crippen LogP contribution < -0.4 is 0 Å². The number of hydrogen-bond donors (Lipinski definition) is 0. The molecule has 1 amide bonds. The fourth-order valence-electron chi connectivity index (χ4n) is 4.30. The lowest BCUT2D eigenvalue weighted by Gasteiger charge is -2.39. The van der Waals surface area contributed by atoms with E-state index in [0.717, 1.165) is 37.3 Å². The van der Waals surface area contributed by atoms with Crippen molar-refractivity contribution in [3.05, 3.63) is 30.2 Å². The molecule has 0 aliphatic carbocycles. The van der Waals surface area contributed by atoms with E-state index in [1.807, 2.05) is 27.6 Å².